The van der Waals surface area contributed by atoms with E-state index in [4.69, 9.17) is 5.73 Å². The molecule has 1 aromatic heterocycles. The molecule has 0 atom stereocenters. The van der Waals surface area contributed by atoms with Crippen molar-refractivity contribution in [2.75, 3.05) is 6.54 Å². The summed E-state index contributed by atoms with van der Waals surface area (Å²) < 4.78 is 13.8. The maximum absolute atomic E-state index is 13.8. The second kappa shape index (κ2) is 9.01. The van der Waals surface area contributed by atoms with Crippen molar-refractivity contribution in [1.82, 2.24) is 4.90 Å². The van der Waals surface area contributed by atoms with E-state index in [1.165, 1.54) is 17.4 Å². The summed E-state index contributed by atoms with van der Waals surface area (Å²) >= 11 is 1.52. The van der Waals surface area contributed by atoms with Crippen LogP contribution in [-0.2, 0) is 11.3 Å². The highest BCUT2D eigenvalue weighted by atomic mass is 35.5. The molecule has 2 rings (SSSR count). The van der Waals surface area contributed by atoms with Gasteiger partial charge in [-0.3, -0.25) is 4.79 Å². The molecular weight excluding hydrogens is 335 g/mol. The first-order chi connectivity index (χ1) is 10.5. The van der Waals surface area contributed by atoms with Gasteiger partial charge in [-0.25, -0.2) is 4.39 Å². The maximum Gasteiger partial charge on any atom is 0.224 e. The van der Waals surface area contributed by atoms with Crippen molar-refractivity contribution in [3.63, 3.8) is 0 Å². The molecule has 0 unspecified atom stereocenters. The van der Waals surface area contributed by atoms with Crippen LogP contribution in [0.5, 0.6) is 0 Å². The zero-order valence-corrected chi connectivity index (χ0v) is 14.9. The highest BCUT2D eigenvalue weighted by molar-refractivity contribution is 7.15. The standard InChI is InChI=1S/C17H21FN2OS.ClH/c1-12(2)20(17(21)9-10-19)11-13-7-8-16(22-13)14-5-3-4-6-15(14)18;/h3-8,12H,9-11,19H2,1-2H3;1H. The second-order valence-electron chi connectivity index (χ2n) is 5.40. The minimum atomic E-state index is -0.226. The molecule has 1 heterocycles. The molecule has 2 aromatic rings. The van der Waals surface area contributed by atoms with E-state index >= 15 is 0 Å². The first-order valence-electron chi connectivity index (χ1n) is 7.36. The predicted octanol–water partition coefficient (Wildman–Crippen LogP) is 4.06. The smallest absolute Gasteiger partial charge is 0.224 e. The zero-order valence-electron chi connectivity index (χ0n) is 13.3. The van der Waals surface area contributed by atoms with Crippen molar-refractivity contribution in [2.24, 2.45) is 5.73 Å². The van der Waals surface area contributed by atoms with Crippen molar-refractivity contribution in [1.29, 1.82) is 0 Å². The van der Waals surface area contributed by atoms with Gasteiger partial charge in [0.25, 0.3) is 0 Å². The van der Waals surface area contributed by atoms with Gasteiger partial charge in [-0.2, -0.15) is 0 Å². The number of halogens is 2. The number of hydrogen-bond donors (Lipinski definition) is 1. The van der Waals surface area contributed by atoms with Gasteiger partial charge in [-0.05, 0) is 32.0 Å². The SMILES string of the molecule is CC(C)N(Cc1ccc(-c2ccccc2F)s1)C(=O)CCN.Cl. The van der Waals surface area contributed by atoms with E-state index in [0.717, 1.165) is 9.75 Å². The zero-order chi connectivity index (χ0) is 16.1. The van der Waals surface area contributed by atoms with E-state index in [2.05, 4.69) is 0 Å². The Morgan fingerprint density at radius 1 is 1.26 bits per heavy atom. The quantitative estimate of drug-likeness (QED) is 0.848. The largest absolute Gasteiger partial charge is 0.335 e. The monoisotopic (exact) mass is 356 g/mol. The molecule has 0 aliphatic carbocycles. The fourth-order valence-corrected chi connectivity index (χ4v) is 3.30. The maximum atomic E-state index is 13.8. The summed E-state index contributed by atoms with van der Waals surface area (Å²) in [5.74, 6) is -0.172. The Balaban J connectivity index is 0.00000264. The number of nitrogens with zero attached hydrogens (tertiary/aromatic N) is 1. The second-order valence-corrected chi connectivity index (χ2v) is 6.57. The molecule has 126 valence electrons. The van der Waals surface area contributed by atoms with Crippen LogP contribution >= 0.6 is 23.7 Å². The Kier molecular flexibility index (Phi) is 7.68. The predicted molar refractivity (Wildman–Crippen MR) is 96.3 cm³/mol. The Morgan fingerprint density at radius 3 is 2.57 bits per heavy atom. The van der Waals surface area contributed by atoms with Crippen LogP contribution in [0.15, 0.2) is 36.4 Å². The van der Waals surface area contributed by atoms with Crippen LogP contribution in [0.1, 0.15) is 25.1 Å². The lowest BCUT2D eigenvalue weighted by molar-refractivity contribution is -0.133. The van der Waals surface area contributed by atoms with Crippen molar-refractivity contribution in [2.45, 2.75) is 32.9 Å². The molecule has 6 heteroatoms. The minimum absolute atomic E-state index is 0. The molecule has 0 fully saturated rings. The third-order valence-corrected chi connectivity index (χ3v) is 4.53. The number of carbonyl (C=O) groups excluding carboxylic acids is 1. The summed E-state index contributed by atoms with van der Waals surface area (Å²) in [6.45, 7) is 4.86. The molecule has 0 saturated heterocycles. The number of hydrogen-bond acceptors (Lipinski definition) is 3. The van der Waals surface area contributed by atoms with Gasteiger partial charge in [-0.15, -0.1) is 23.7 Å². The molecule has 0 radical (unpaired) electrons. The molecule has 0 bridgehead atoms. The Bertz CT molecular complexity index is 645. The molecule has 0 aliphatic heterocycles. The van der Waals surface area contributed by atoms with E-state index in [0.29, 0.717) is 25.1 Å². The highest BCUT2D eigenvalue weighted by Gasteiger charge is 2.18. The average Bonchev–Trinajstić information content (AvgIpc) is 2.93. The first-order valence-corrected chi connectivity index (χ1v) is 8.17. The third-order valence-electron chi connectivity index (χ3n) is 3.43. The summed E-state index contributed by atoms with van der Waals surface area (Å²) in [5, 5.41) is 0. The van der Waals surface area contributed by atoms with Gasteiger partial charge in [0.1, 0.15) is 5.82 Å². The van der Waals surface area contributed by atoms with Gasteiger partial charge in [-0.1, -0.05) is 18.2 Å². The highest BCUT2D eigenvalue weighted by Crippen LogP contribution is 2.30. The van der Waals surface area contributed by atoms with Gasteiger partial charge in [0.2, 0.25) is 5.91 Å². The van der Waals surface area contributed by atoms with E-state index in [-0.39, 0.29) is 30.2 Å². The minimum Gasteiger partial charge on any atom is -0.335 e. The van der Waals surface area contributed by atoms with Crippen LogP contribution in [0, 0.1) is 5.82 Å². The number of thiophene rings is 1. The van der Waals surface area contributed by atoms with Crippen molar-refractivity contribution >= 4 is 29.7 Å². The lowest BCUT2D eigenvalue weighted by Crippen LogP contribution is -2.37. The molecule has 3 nitrogen and oxygen atoms in total. The van der Waals surface area contributed by atoms with E-state index < -0.39 is 0 Å². The van der Waals surface area contributed by atoms with E-state index in [1.54, 1.807) is 12.1 Å². The van der Waals surface area contributed by atoms with Gasteiger partial charge >= 0.3 is 0 Å². The molecule has 23 heavy (non-hydrogen) atoms. The van der Waals surface area contributed by atoms with Crippen LogP contribution in [0.25, 0.3) is 10.4 Å². The molecule has 2 N–H and O–H groups in total. The lowest BCUT2D eigenvalue weighted by Gasteiger charge is -2.26. The summed E-state index contributed by atoms with van der Waals surface area (Å²) in [4.78, 5) is 15.8. The fraction of sp³-hybridized carbons (Fsp3) is 0.353. The van der Waals surface area contributed by atoms with E-state index in [1.807, 2.05) is 36.9 Å². The van der Waals surface area contributed by atoms with Crippen molar-refractivity contribution < 1.29 is 9.18 Å². The van der Waals surface area contributed by atoms with Gasteiger partial charge in [0.05, 0.1) is 6.54 Å². The summed E-state index contributed by atoms with van der Waals surface area (Å²) in [6, 6.07) is 10.7. The van der Waals surface area contributed by atoms with Crippen LogP contribution in [-0.4, -0.2) is 23.4 Å². The molecule has 1 amide bonds. The van der Waals surface area contributed by atoms with Crippen molar-refractivity contribution in [3.8, 4) is 10.4 Å². The Hall–Kier alpha value is -1.43. The van der Waals surface area contributed by atoms with Gasteiger partial charge < -0.3 is 10.6 Å². The lowest BCUT2D eigenvalue weighted by atomic mass is 10.2. The normalized spacial score (nSPS) is 10.5. The van der Waals surface area contributed by atoms with Crippen LogP contribution in [0.2, 0.25) is 0 Å². The summed E-state index contributed by atoms with van der Waals surface area (Å²) in [7, 11) is 0. The Morgan fingerprint density at radius 2 is 1.96 bits per heavy atom. The molecular formula is C17H22ClFN2OS. The molecule has 0 saturated carbocycles. The molecule has 1 aromatic carbocycles. The van der Waals surface area contributed by atoms with E-state index in [9.17, 15) is 9.18 Å². The molecule has 0 aliphatic rings. The number of rotatable bonds is 6. The van der Waals surface area contributed by atoms with Crippen LogP contribution in [0.4, 0.5) is 4.39 Å². The van der Waals surface area contributed by atoms with Crippen molar-refractivity contribution in [3.05, 3.63) is 47.1 Å². The Labute approximate surface area is 146 Å². The van der Waals surface area contributed by atoms with Crippen LogP contribution in [0.3, 0.4) is 0 Å². The number of nitrogens with two attached hydrogens (primary N) is 1. The first kappa shape index (κ1) is 19.6. The number of benzene rings is 1. The van der Waals surface area contributed by atoms with Gasteiger partial charge in [0, 0.05) is 34.3 Å². The fourth-order valence-electron chi connectivity index (χ4n) is 2.26. The average molecular weight is 357 g/mol. The summed E-state index contributed by atoms with van der Waals surface area (Å²) in [6.07, 6.45) is 0.351. The van der Waals surface area contributed by atoms with Gasteiger partial charge in [0.15, 0.2) is 0 Å². The number of amides is 1. The third kappa shape index (κ3) is 5.03. The topological polar surface area (TPSA) is 46.3 Å². The van der Waals surface area contributed by atoms with Crippen LogP contribution < -0.4 is 5.73 Å². The summed E-state index contributed by atoms with van der Waals surface area (Å²) in [5.41, 5.74) is 6.07. The number of carbonyl (C=O) groups is 1. The molecule has 0 spiro atoms.